The Bertz CT molecular complexity index is 1320. The number of aromatic amines is 1. The molecule has 14 heteroatoms. The Hall–Kier alpha value is -4.04. The second-order valence-corrected chi connectivity index (χ2v) is 9.34. The highest BCUT2D eigenvalue weighted by atomic mass is 32.2. The van der Waals surface area contributed by atoms with E-state index < -0.39 is 19.8 Å². The van der Waals surface area contributed by atoms with Crippen LogP contribution < -0.4 is 4.74 Å². The van der Waals surface area contributed by atoms with Gasteiger partial charge >= 0.3 is 5.69 Å². The van der Waals surface area contributed by atoms with E-state index in [1.54, 1.807) is 18.2 Å². The van der Waals surface area contributed by atoms with Gasteiger partial charge in [-0.05, 0) is 30.2 Å². The van der Waals surface area contributed by atoms with E-state index in [9.17, 15) is 28.6 Å². The second kappa shape index (κ2) is 10.9. The number of rotatable bonds is 12. The summed E-state index contributed by atoms with van der Waals surface area (Å²) in [6.45, 7) is 0.0704. The van der Waals surface area contributed by atoms with Crippen molar-refractivity contribution in [2.24, 2.45) is 0 Å². The molecule has 1 aromatic heterocycles. The molecule has 13 nitrogen and oxygen atoms in total. The highest BCUT2D eigenvalue weighted by Gasteiger charge is 2.22. The lowest BCUT2D eigenvalue weighted by Gasteiger charge is -2.10. The topological polar surface area (TPSA) is 177 Å². The fraction of sp³-hybridized carbons (Fsp3) is 0.286. The summed E-state index contributed by atoms with van der Waals surface area (Å²) in [5, 5.41) is 28.1. The number of aromatic nitrogens is 2. The molecular formula is C21H22N4O9S. The van der Waals surface area contributed by atoms with E-state index in [4.69, 9.17) is 9.47 Å². The molecule has 0 aliphatic rings. The Kier molecular flexibility index (Phi) is 7.98. The summed E-state index contributed by atoms with van der Waals surface area (Å²) >= 11 is 0. The number of H-pyrrole nitrogens is 1. The SMILES string of the molecule is COc1ccc(-c2c(-c3ccc(S(C)(=O)=O)cc3)n[nH]c2COCCCO[N+](=O)[O-])cc1[N+](=O)[O-]. The first-order valence-corrected chi connectivity index (χ1v) is 12.1. The molecule has 0 atom stereocenters. The monoisotopic (exact) mass is 506 g/mol. The van der Waals surface area contributed by atoms with E-state index in [-0.39, 0.29) is 42.6 Å². The molecule has 0 unspecified atom stereocenters. The minimum Gasteiger partial charge on any atom is -0.490 e. The van der Waals surface area contributed by atoms with Gasteiger partial charge in [0, 0.05) is 30.1 Å². The van der Waals surface area contributed by atoms with Crippen molar-refractivity contribution in [2.45, 2.75) is 17.9 Å². The van der Waals surface area contributed by atoms with Crippen molar-refractivity contribution in [3.05, 3.63) is 68.4 Å². The third kappa shape index (κ3) is 6.30. The van der Waals surface area contributed by atoms with Gasteiger partial charge in [0.05, 0.1) is 35.8 Å². The van der Waals surface area contributed by atoms with Gasteiger partial charge in [-0.1, -0.05) is 18.2 Å². The largest absolute Gasteiger partial charge is 0.490 e. The summed E-state index contributed by atoms with van der Waals surface area (Å²) in [6.07, 6.45) is 1.38. The van der Waals surface area contributed by atoms with E-state index in [1.165, 1.54) is 31.4 Å². The molecule has 0 saturated carbocycles. The van der Waals surface area contributed by atoms with Crippen molar-refractivity contribution >= 4 is 15.5 Å². The Morgan fingerprint density at radius 2 is 1.71 bits per heavy atom. The van der Waals surface area contributed by atoms with Crippen LogP contribution in [0.1, 0.15) is 12.1 Å². The summed E-state index contributed by atoms with van der Waals surface area (Å²) in [6, 6.07) is 10.5. The lowest BCUT2D eigenvalue weighted by Crippen LogP contribution is -2.06. The number of nitro benzene ring substituents is 1. The van der Waals surface area contributed by atoms with Crippen LogP contribution in [0.4, 0.5) is 5.69 Å². The molecule has 186 valence electrons. The van der Waals surface area contributed by atoms with E-state index in [1.807, 2.05) is 0 Å². The number of sulfone groups is 1. The zero-order valence-electron chi connectivity index (χ0n) is 18.8. The summed E-state index contributed by atoms with van der Waals surface area (Å²) in [7, 11) is -2.07. The first-order chi connectivity index (χ1) is 16.6. The van der Waals surface area contributed by atoms with Crippen LogP contribution in [0.15, 0.2) is 47.4 Å². The summed E-state index contributed by atoms with van der Waals surface area (Å²) in [5.41, 5.74) is 2.25. The zero-order chi connectivity index (χ0) is 25.6. The van der Waals surface area contributed by atoms with E-state index >= 15 is 0 Å². The van der Waals surface area contributed by atoms with Gasteiger partial charge in [0.2, 0.25) is 0 Å². The van der Waals surface area contributed by atoms with Gasteiger partial charge in [-0.25, -0.2) is 8.42 Å². The molecule has 3 rings (SSSR count). The van der Waals surface area contributed by atoms with Crippen LogP contribution >= 0.6 is 0 Å². The number of nitrogens with one attached hydrogen (secondary N) is 1. The number of hydrogen-bond donors (Lipinski definition) is 1. The Balaban J connectivity index is 1.98. The maximum absolute atomic E-state index is 11.8. The lowest BCUT2D eigenvalue weighted by molar-refractivity contribution is -0.757. The number of nitro groups is 1. The first-order valence-electron chi connectivity index (χ1n) is 10.2. The van der Waals surface area contributed by atoms with Crippen LogP contribution in [0.5, 0.6) is 5.75 Å². The van der Waals surface area contributed by atoms with Gasteiger partial charge in [0.25, 0.3) is 5.09 Å². The van der Waals surface area contributed by atoms with Crippen LogP contribution in [0.3, 0.4) is 0 Å². The molecule has 0 saturated heterocycles. The fourth-order valence-corrected chi connectivity index (χ4v) is 3.96. The third-order valence-electron chi connectivity index (χ3n) is 4.94. The third-order valence-corrected chi connectivity index (χ3v) is 6.07. The zero-order valence-corrected chi connectivity index (χ0v) is 19.6. The normalized spacial score (nSPS) is 11.3. The minimum absolute atomic E-state index is 0.0298. The lowest BCUT2D eigenvalue weighted by atomic mass is 9.98. The molecule has 0 fully saturated rings. The van der Waals surface area contributed by atoms with Crippen molar-refractivity contribution in [1.29, 1.82) is 0 Å². The molecule has 0 aliphatic carbocycles. The van der Waals surface area contributed by atoms with E-state index in [0.717, 1.165) is 6.26 Å². The van der Waals surface area contributed by atoms with E-state index in [0.29, 0.717) is 28.1 Å². The number of ether oxygens (including phenoxy) is 2. The molecular weight excluding hydrogens is 484 g/mol. The molecule has 0 amide bonds. The number of methoxy groups -OCH3 is 1. The number of nitrogens with zero attached hydrogens (tertiary/aromatic N) is 3. The van der Waals surface area contributed by atoms with Crippen molar-refractivity contribution < 1.29 is 32.7 Å². The smallest absolute Gasteiger partial charge is 0.311 e. The van der Waals surface area contributed by atoms with Gasteiger partial charge in [-0.3, -0.25) is 15.2 Å². The number of benzene rings is 2. The maximum Gasteiger partial charge on any atom is 0.311 e. The number of hydrogen-bond acceptors (Lipinski definition) is 10. The fourth-order valence-electron chi connectivity index (χ4n) is 3.32. The Morgan fingerprint density at radius 3 is 2.31 bits per heavy atom. The Labute approximate surface area is 199 Å². The summed E-state index contributed by atoms with van der Waals surface area (Å²) < 4.78 is 34.3. The van der Waals surface area contributed by atoms with E-state index in [2.05, 4.69) is 15.0 Å². The van der Waals surface area contributed by atoms with Crippen LogP contribution in [0, 0.1) is 20.2 Å². The molecule has 35 heavy (non-hydrogen) atoms. The standard InChI is InChI=1S/C21H22N4O9S/c1-32-19-9-6-15(12-18(19)24(26)27)20-17(13-33-10-3-11-34-25(28)29)22-23-21(20)14-4-7-16(8-5-14)35(2,30)31/h4-9,12H,3,10-11,13H2,1-2H3,(H,22,23). The molecule has 1 N–H and O–H groups in total. The van der Waals surface area contributed by atoms with Crippen LogP contribution in [-0.4, -0.2) is 55.2 Å². The second-order valence-electron chi connectivity index (χ2n) is 7.33. The van der Waals surface area contributed by atoms with Crippen molar-refractivity contribution in [1.82, 2.24) is 10.2 Å². The molecule has 2 aromatic carbocycles. The highest BCUT2D eigenvalue weighted by Crippen LogP contribution is 2.38. The van der Waals surface area contributed by atoms with Gasteiger partial charge in [-0.2, -0.15) is 5.10 Å². The van der Waals surface area contributed by atoms with Gasteiger partial charge < -0.3 is 14.3 Å². The van der Waals surface area contributed by atoms with Crippen LogP contribution in [0.25, 0.3) is 22.4 Å². The highest BCUT2D eigenvalue weighted by molar-refractivity contribution is 7.90. The molecule has 0 aliphatic heterocycles. The van der Waals surface area contributed by atoms with Gasteiger partial charge in [0.15, 0.2) is 15.6 Å². The van der Waals surface area contributed by atoms with Crippen LogP contribution in [0.2, 0.25) is 0 Å². The van der Waals surface area contributed by atoms with Crippen molar-refractivity contribution in [3.8, 4) is 28.1 Å². The summed E-state index contributed by atoms with van der Waals surface area (Å²) in [5.74, 6) is 0.0879. The quantitative estimate of drug-likeness (QED) is 0.218. The minimum atomic E-state index is -3.40. The molecule has 0 bridgehead atoms. The van der Waals surface area contributed by atoms with Gasteiger partial charge in [0.1, 0.15) is 5.69 Å². The molecule has 0 spiro atoms. The maximum atomic E-state index is 11.8. The predicted molar refractivity (Wildman–Crippen MR) is 123 cm³/mol. The van der Waals surface area contributed by atoms with Crippen LogP contribution in [-0.2, 0) is 26.0 Å². The molecule has 3 aromatic rings. The first kappa shape index (κ1) is 25.6. The van der Waals surface area contributed by atoms with Crippen molar-refractivity contribution in [2.75, 3.05) is 26.6 Å². The Morgan fingerprint density at radius 1 is 1.03 bits per heavy atom. The average molecular weight is 506 g/mol. The van der Waals surface area contributed by atoms with Gasteiger partial charge in [-0.15, -0.1) is 10.1 Å². The van der Waals surface area contributed by atoms with Crippen molar-refractivity contribution in [3.63, 3.8) is 0 Å². The summed E-state index contributed by atoms with van der Waals surface area (Å²) in [4.78, 5) is 25.6. The predicted octanol–water partition coefficient (Wildman–Crippen LogP) is 3.18. The molecule has 0 radical (unpaired) electrons. The molecule has 1 heterocycles. The average Bonchev–Trinajstić information content (AvgIpc) is 3.24.